The highest BCUT2D eigenvalue weighted by Crippen LogP contribution is 2.33. The van der Waals surface area contributed by atoms with Crippen LogP contribution in [0.5, 0.6) is 0 Å². The van der Waals surface area contributed by atoms with Crippen LogP contribution in [0.4, 0.5) is 0 Å². The molecular formula is C22H23NO2. The fourth-order valence-corrected chi connectivity index (χ4v) is 3.81. The Labute approximate surface area is 148 Å². The number of rotatable bonds is 5. The van der Waals surface area contributed by atoms with Gasteiger partial charge in [0.2, 0.25) is 0 Å². The van der Waals surface area contributed by atoms with Gasteiger partial charge in [-0.25, -0.2) is 0 Å². The van der Waals surface area contributed by atoms with Crippen molar-refractivity contribution in [1.29, 1.82) is 0 Å². The molecule has 128 valence electrons. The zero-order chi connectivity index (χ0) is 18.0. The number of hydrogen-bond donors (Lipinski definition) is 0. The first-order valence-electron chi connectivity index (χ1n) is 8.69. The molecule has 0 bridgehead atoms. The number of hydrogen-bond acceptors (Lipinski definition) is 2. The molecule has 0 unspecified atom stereocenters. The molecule has 3 heteroatoms. The summed E-state index contributed by atoms with van der Waals surface area (Å²) in [5.41, 5.74) is 6.56. The van der Waals surface area contributed by atoms with Gasteiger partial charge in [0.25, 0.3) is 5.56 Å². The van der Waals surface area contributed by atoms with Crippen LogP contribution in [0.3, 0.4) is 0 Å². The highest BCUT2D eigenvalue weighted by atomic mass is 16.1. The van der Waals surface area contributed by atoms with Crippen molar-refractivity contribution in [3.05, 3.63) is 69.7 Å². The van der Waals surface area contributed by atoms with Crippen LogP contribution in [0.25, 0.3) is 23.3 Å². The van der Waals surface area contributed by atoms with Crippen LogP contribution in [0.2, 0.25) is 0 Å². The van der Waals surface area contributed by atoms with Gasteiger partial charge < -0.3 is 9.36 Å². The lowest BCUT2D eigenvalue weighted by molar-refractivity contribution is -0.107. The second-order valence-electron chi connectivity index (χ2n) is 6.48. The molecule has 0 saturated heterocycles. The molecule has 2 aromatic rings. The summed E-state index contributed by atoms with van der Waals surface area (Å²) in [5, 5.41) is 0. The normalized spacial score (nSPS) is 13.2. The fourth-order valence-electron chi connectivity index (χ4n) is 3.81. The molecule has 0 spiro atoms. The van der Waals surface area contributed by atoms with E-state index in [2.05, 4.69) is 31.4 Å². The van der Waals surface area contributed by atoms with Crippen molar-refractivity contribution in [3.8, 4) is 11.1 Å². The molecule has 1 aliphatic carbocycles. The predicted octanol–water partition coefficient (Wildman–Crippen LogP) is 3.96. The first kappa shape index (κ1) is 17.2. The predicted molar refractivity (Wildman–Crippen MR) is 104 cm³/mol. The SMILES string of the molecule is C=Cc1c(-c2ccc3c(c2)CCCC3)c(CC=O)n(C)c(=O)c1C=C. The van der Waals surface area contributed by atoms with Gasteiger partial charge in [0, 0.05) is 30.3 Å². The largest absolute Gasteiger partial charge is 0.314 e. The van der Waals surface area contributed by atoms with Crippen LogP contribution >= 0.6 is 0 Å². The number of carbonyl (C=O) groups excluding carboxylic acids is 1. The topological polar surface area (TPSA) is 39.1 Å². The average Bonchev–Trinajstić information content (AvgIpc) is 2.65. The standard InChI is InChI=1S/C22H23NO2/c1-4-18-19(5-2)22(25)23(3)20(12-13-24)21(18)17-11-10-15-8-6-7-9-16(15)14-17/h4-5,10-11,13-14H,1-2,6-9,12H2,3H3. The molecule has 0 radical (unpaired) electrons. The number of aryl methyl sites for hydroxylation is 2. The van der Waals surface area contributed by atoms with Gasteiger partial charge in [0.15, 0.2) is 0 Å². The third-order valence-electron chi connectivity index (χ3n) is 5.11. The Morgan fingerprint density at radius 3 is 2.40 bits per heavy atom. The number of fused-ring (bicyclic) bond motifs is 1. The van der Waals surface area contributed by atoms with E-state index >= 15 is 0 Å². The molecule has 0 aliphatic heterocycles. The average molecular weight is 333 g/mol. The first-order chi connectivity index (χ1) is 12.1. The third-order valence-corrected chi connectivity index (χ3v) is 5.11. The lowest BCUT2D eigenvalue weighted by atomic mass is 9.86. The zero-order valence-corrected chi connectivity index (χ0v) is 14.7. The molecule has 0 N–H and O–H groups in total. The van der Waals surface area contributed by atoms with Gasteiger partial charge in [-0.2, -0.15) is 0 Å². The maximum absolute atomic E-state index is 12.6. The molecule has 3 nitrogen and oxygen atoms in total. The molecule has 1 heterocycles. The maximum Gasteiger partial charge on any atom is 0.258 e. The summed E-state index contributed by atoms with van der Waals surface area (Å²) < 4.78 is 1.56. The van der Waals surface area contributed by atoms with E-state index in [0.29, 0.717) is 5.56 Å². The van der Waals surface area contributed by atoms with E-state index < -0.39 is 0 Å². The van der Waals surface area contributed by atoms with Gasteiger partial charge in [0.1, 0.15) is 6.29 Å². The third kappa shape index (κ3) is 2.91. The molecule has 0 atom stereocenters. The second-order valence-corrected chi connectivity index (χ2v) is 6.48. The van der Waals surface area contributed by atoms with E-state index in [9.17, 15) is 9.59 Å². The number of aldehydes is 1. The zero-order valence-electron chi connectivity index (χ0n) is 14.7. The van der Waals surface area contributed by atoms with Crippen LogP contribution in [-0.2, 0) is 31.1 Å². The van der Waals surface area contributed by atoms with Gasteiger partial charge in [-0.1, -0.05) is 43.5 Å². The Balaban J connectivity index is 2.35. The summed E-state index contributed by atoms with van der Waals surface area (Å²) in [7, 11) is 1.71. The minimum Gasteiger partial charge on any atom is -0.314 e. The molecule has 0 fully saturated rings. The van der Waals surface area contributed by atoms with Crippen molar-refractivity contribution >= 4 is 18.4 Å². The molecule has 1 aromatic heterocycles. The fraction of sp³-hybridized carbons (Fsp3) is 0.273. The van der Waals surface area contributed by atoms with Crippen molar-refractivity contribution in [2.45, 2.75) is 32.1 Å². The number of nitrogens with zero attached hydrogens (tertiary/aromatic N) is 1. The van der Waals surface area contributed by atoms with Crippen molar-refractivity contribution in [3.63, 3.8) is 0 Å². The number of carbonyl (C=O) groups is 1. The van der Waals surface area contributed by atoms with E-state index in [4.69, 9.17) is 0 Å². The smallest absolute Gasteiger partial charge is 0.258 e. The van der Waals surface area contributed by atoms with Crippen molar-refractivity contribution in [2.75, 3.05) is 0 Å². The van der Waals surface area contributed by atoms with E-state index in [1.165, 1.54) is 24.0 Å². The van der Waals surface area contributed by atoms with Gasteiger partial charge in [-0.15, -0.1) is 0 Å². The Kier molecular flexibility index (Phi) is 4.84. The quantitative estimate of drug-likeness (QED) is 0.777. The number of aromatic nitrogens is 1. The minimum atomic E-state index is -0.150. The van der Waals surface area contributed by atoms with Crippen molar-refractivity contribution in [2.24, 2.45) is 7.05 Å². The van der Waals surface area contributed by atoms with Gasteiger partial charge >= 0.3 is 0 Å². The van der Waals surface area contributed by atoms with E-state index in [1.54, 1.807) is 23.8 Å². The highest BCUT2D eigenvalue weighted by Gasteiger charge is 2.19. The monoisotopic (exact) mass is 333 g/mol. The van der Waals surface area contributed by atoms with Gasteiger partial charge in [-0.05, 0) is 47.9 Å². The molecule has 25 heavy (non-hydrogen) atoms. The van der Waals surface area contributed by atoms with Crippen LogP contribution in [0.1, 0.15) is 40.8 Å². The van der Waals surface area contributed by atoms with Gasteiger partial charge in [-0.3, -0.25) is 4.79 Å². The summed E-state index contributed by atoms with van der Waals surface area (Å²) in [4.78, 5) is 23.9. The molecule has 0 amide bonds. The molecular weight excluding hydrogens is 310 g/mol. The number of benzene rings is 1. The molecule has 1 aromatic carbocycles. The summed E-state index contributed by atoms with van der Waals surface area (Å²) >= 11 is 0. The van der Waals surface area contributed by atoms with E-state index in [0.717, 1.165) is 41.5 Å². The number of pyridine rings is 1. The Morgan fingerprint density at radius 2 is 1.76 bits per heavy atom. The molecule has 1 aliphatic rings. The van der Waals surface area contributed by atoms with E-state index in [-0.39, 0.29) is 12.0 Å². The van der Waals surface area contributed by atoms with Crippen LogP contribution in [0, 0.1) is 0 Å². The molecule has 0 saturated carbocycles. The van der Waals surface area contributed by atoms with Crippen LogP contribution < -0.4 is 5.56 Å². The minimum absolute atomic E-state index is 0.150. The first-order valence-corrected chi connectivity index (χ1v) is 8.69. The molecule has 3 rings (SSSR count). The van der Waals surface area contributed by atoms with Crippen molar-refractivity contribution < 1.29 is 4.79 Å². The summed E-state index contributed by atoms with van der Waals surface area (Å²) in [6, 6.07) is 6.49. The summed E-state index contributed by atoms with van der Waals surface area (Å²) in [5.74, 6) is 0. The second kappa shape index (κ2) is 7.06. The summed E-state index contributed by atoms with van der Waals surface area (Å²) in [6.07, 6.45) is 8.95. The van der Waals surface area contributed by atoms with Gasteiger partial charge in [0.05, 0.1) is 0 Å². The van der Waals surface area contributed by atoms with Crippen molar-refractivity contribution in [1.82, 2.24) is 4.57 Å². The highest BCUT2D eigenvalue weighted by molar-refractivity contribution is 5.83. The lowest BCUT2D eigenvalue weighted by Gasteiger charge is -2.21. The summed E-state index contributed by atoms with van der Waals surface area (Å²) in [6.45, 7) is 7.69. The maximum atomic E-state index is 12.6. The van der Waals surface area contributed by atoms with E-state index in [1.807, 2.05) is 0 Å². The van der Waals surface area contributed by atoms with Crippen LogP contribution in [-0.4, -0.2) is 10.9 Å². The Morgan fingerprint density at radius 1 is 1.08 bits per heavy atom. The Hall–Kier alpha value is -2.68. The lowest BCUT2D eigenvalue weighted by Crippen LogP contribution is -2.25. The van der Waals surface area contributed by atoms with Crippen LogP contribution in [0.15, 0.2) is 36.2 Å². The Bertz CT molecular complexity index is 919.